The van der Waals surface area contributed by atoms with Crippen molar-refractivity contribution in [1.82, 2.24) is 4.90 Å². The molecule has 0 radical (unpaired) electrons. The van der Waals surface area contributed by atoms with E-state index in [1.807, 2.05) is 6.92 Å². The number of anilines is 1. The van der Waals surface area contributed by atoms with Crippen LogP contribution in [0, 0.1) is 5.82 Å². The highest BCUT2D eigenvalue weighted by molar-refractivity contribution is 5.89. The third kappa shape index (κ3) is 2.55. The first-order chi connectivity index (χ1) is 8.08. The first-order valence-corrected chi connectivity index (χ1v) is 5.66. The number of rotatable bonds is 1. The molecule has 1 fully saturated rings. The molecule has 92 valence electrons. The third-order valence-corrected chi connectivity index (χ3v) is 3.15. The van der Waals surface area contributed by atoms with E-state index in [1.165, 1.54) is 12.1 Å². The Morgan fingerprint density at radius 3 is 2.94 bits per heavy atom. The summed E-state index contributed by atoms with van der Waals surface area (Å²) in [6.45, 7) is 2.56. The van der Waals surface area contributed by atoms with E-state index in [0.717, 1.165) is 6.42 Å². The second-order valence-electron chi connectivity index (χ2n) is 4.33. The fourth-order valence-electron chi connectivity index (χ4n) is 2.01. The number of nitrogens with two attached hydrogens (primary N) is 1. The van der Waals surface area contributed by atoms with Crippen molar-refractivity contribution < 1.29 is 9.18 Å². The van der Waals surface area contributed by atoms with Gasteiger partial charge in [-0.05, 0) is 31.5 Å². The number of urea groups is 1. The molecule has 1 heterocycles. The molecule has 5 heteroatoms. The van der Waals surface area contributed by atoms with Crippen molar-refractivity contribution in [3.8, 4) is 0 Å². The monoisotopic (exact) mass is 237 g/mol. The van der Waals surface area contributed by atoms with Gasteiger partial charge in [0.2, 0.25) is 0 Å². The van der Waals surface area contributed by atoms with E-state index in [2.05, 4.69) is 5.32 Å². The maximum atomic E-state index is 12.9. The molecule has 2 amide bonds. The zero-order chi connectivity index (χ0) is 12.4. The summed E-state index contributed by atoms with van der Waals surface area (Å²) in [6, 6.07) is 5.65. The summed E-state index contributed by atoms with van der Waals surface area (Å²) in [6.07, 6.45) is 0.803. The predicted octanol–water partition coefficient (Wildman–Crippen LogP) is 1.78. The average molecular weight is 237 g/mol. The number of halogens is 1. The van der Waals surface area contributed by atoms with Gasteiger partial charge < -0.3 is 16.0 Å². The van der Waals surface area contributed by atoms with Crippen molar-refractivity contribution in [2.45, 2.75) is 25.4 Å². The Balaban J connectivity index is 2.02. The van der Waals surface area contributed by atoms with Crippen LogP contribution in [-0.2, 0) is 0 Å². The van der Waals surface area contributed by atoms with Crippen LogP contribution in [0.2, 0.25) is 0 Å². The zero-order valence-electron chi connectivity index (χ0n) is 9.69. The standard InChI is InChI=1S/C12H16FN3O/c1-8-11(14)5-6-16(8)12(17)15-10-4-2-3-9(13)7-10/h2-4,7-8,11H,5-6,14H2,1H3,(H,15,17). The normalized spacial score (nSPS) is 23.8. The van der Waals surface area contributed by atoms with E-state index in [-0.39, 0.29) is 23.9 Å². The minimum absolute atomic E-state index is 0.0172. The highest BCUT2D eigenvalue weighted by atomic mass is 19.1. The van der Waals surface area contributed by atoms with Gasteiger partial charge in [0.1, 0.15) is 5.82 Å². The van der Waals surface area contributed by atoms with Crippen LogP contribution in [0.25, 0.3) is 0 Å². The van der Waals surface area contributed by atoms with Crippen molar-refractivity contribution >= 4 is 11.7 Å². The van der Waals surface area contributed by atoms with Gasteiger partial charge in [0, 0.05) is 24.3 Å². The molecule has 0 aliphatic carbocycles. The number of hydrogen-bond donors (Lipinski definition) is 2. The van der Waals surface area contributed by atoms with E-state index in [9.17, 15) is 9.18 Å². The molecule has 2 rings (SSSR count). The summed E-state index contributed by atoms with van der Waals surface area (Å²) < 4.78 is 12.9. The lowest BCUT2D eigenvalue weighted by Gasteiger charge is -2.23. The molecule has 0 aromatic heterocycles. The van der Waals surface area contributed by atoms with Crippen LogP contribution in [0.5, 0.6) is 0 Å². The second kappa shape index (κ2) is 4.71. The molecule has 1 aliphatic heterocycles. The first-order valence-electron chi connectivity index (χ1n) is 5.66. The summed E-state index contributed by atoms with van der Waals surface area (Å²) in [5.41, 5.74) is 6.30. The Hall–Kier alpha value is -1.62. The quantitative estimate of drug-likeness (QED) is 0.782. The van der Waals surface area contributed by atoms with E-state index in [4.69, 9.17) is 5.73 Å². The van der Waals surface area contributed by atoms with Crippen molar-refractivity contribution in [1.29, 1.82) is 0 Å². The highest BCUT2D eigenvalue weighted by Gasteiger charge is 2.31. The molecule has 1 aromatic carbocycles. The number of hydrogen-bond acceptors (Lipinski definition) is 2. The molecule has 1 aromatic rings. The van der Waals surface area contributed by atoms with Gasteiger partial charge in [0.05, 0.1) is 0 Å². The van der Waals surface area contributed by atoms with Gasteiger partial charge in [0.15, 0.2) is 0 Å². The van der Waals surface area contributed by atoms with Crippen LogP contribution in [-0.4, -0.2) is 29.6 Å². The molecule has 0 bridgehead atoms. The number of nitrogens with zero attached hydrogens (tertiary/aromatic N) is 1. The highest BCUT2D eigenvalue weighted by Crippen LogP contribution is 2.18. The van der Waals surface area contributed by atoms with E-state index in [1.54, 1.807) is 17.0 Å². The minimum Gasteiger partial charge on any atom is -0.326 e. The number of amides is 2. The van der Waals surface area contributed by atoms with Crippen LogP contribution in [0.15, 0.2) is 24.3 Å². The van der Waals surface area contributed by atoms with Gasteiger partial charge in [-0.15, -0.1) is 0 Å². The maximum Gasteiger partial charge on any atom is 0.322 e. The molecule has 0 spiro atoms. The van der Waals surface area contributed by atoms with E-state index in [0.29, 0.717) is 12.2 Å². The molecular formula is C12H16FN3O. The molecular weight excluding hydrogens is 221 g/mol. The SMILES string of the molecule is CC1C(N)CCN1C(=O)Nc1cccc(F)c1. The number of carbonyl (C=O) groups is 1. The predicted molar refractivity (Wildman–Crippen MR) is 64.2 cm³/mol. The average Bonchev–Trinajstić information content (AvgIpc) is 2.60. The number of nitrogens with one attached hydrogen (secondary N) is 1. The molecule has 17 heavy (non-hydrogen) atoms. The lowest BCUT2D eigenvalue weighted by molar-refractivity contribution is 0.208. The van der Waals surface area contributed by atoms with E-state index >= 15 is 0 Å². The fraction of sp³-hybridized carbons (Fsp3) is 0.417. The van der Waals surface area contributed by atoms with Crippen LogP contribution in [0.4, 0.5) is 14.9 Å². The smallest absolute Gasteiger partial charge is 0.322 e. The van der Waals surface area contributed by atoms with Gasteiger partial charge in [-0.2, -0.15) is 0 Å². The molecule has 1 aliphatic rings. The van der Waals surface area contributed by atoms with Crippen molar-refractivity contribution in [2.24, 2.45) is 5.73 Å². The lowest BCUT2D eigenvalue weighted by Crippen LogP contribution is -2.42. The summed E-state index contributed by atoms with van der Waals surface area (Å²) in [7, 11) is 0. The molecule has 4 nitrogen and oxygen atoms in total. The topological polar surface area (TPSA) is 58.4 Å². The maximum absolute atomic E-state index is 12.9. The number of benzene rings is 1. The summed E-state index contributed by atoms with van der Waals surface area (Å²) in [5, 5.41) is 2.67. The largest absolute Gasteiger partial charge is 0.326 e. The Morgan fingerprint density at radius 1 is 1.59 bits per heavy atom. The minimum atomic E-state index is -0.367. The van der Waals surface area contributed by atoms with Gasteiger partial charge in [0.25, 0.3) is 0 Å². The van der Waals surface area contributed by atoms with Crippen LogP contribution < -0.4 is 11.1 Å². The van der Waals surface area contributed by atoms with Crippen LogP contribution in [0.3, 0.4) is 0 Å². The van der Waals surface area contributed by atoms with Crippen molar-refractivity contribution in [2.75, 3.05) is 11.9 Å². The van der Waals surface area contributed by atoms with Crippen molar-refractivity contribution in [3.05, 3.63) is 30.1 Å². The lowest BCUT2D eigenvalue weighted by atomic mass is 10.2. The van der Waals surface area contributed by atoms with Gasteiger partial charge in [-0.1, -0.05) is 6.07 Å². The Bertz CT molecular complexity index is 424. The molecule has 1 saturated heterocycles. The van der Waals surface area contributed by atoms with Crippen LogP contribution in [0.1, 0.15) is 13.3 Å². The molecule has 3 N–H and O–H groups in total. The van der Waals surface area contributed by atoms with E-state index < -0.39 is 0 Å². The third-order valence-electron chi connectivity index (χ3n) is 3.15. The summed E-state index contributed by atoms with van der Waals surface area (Å²) in [5.74, 6) is -0.367. The Morgan fingerprint density at radius 2 is 2.35 bits per heavy atom. The number of likely N-dealkylation sites (tertiary alicyclic amines) is 1. The molecule has 2 unspecified atom stereocenters. The van der Waals surface area contributed by atoms with Crippen LogP contribution >= 0.6 is 0 Å². The molecule has 2 atom stereocenters. The molecule has 0 saturated carbocycles. The Labute approximate surface area is 99.6 Å². The first kappa shape index (κ1) is 11.9. The van der Waals surface area contributed by atoms with Crippen molar-refractivity contribution in [3.63, 3.8) is 0 Å². The Kier molecular flexibility index (Phi) is 3.28. The number of carbonyl (C=O) groups excluding carboxylic acids is 1. The summed E-state index contributed by atoms with van der Waals surface area (Å²) in [4.78, 5) is 13.6. The zero-order valence-corrected chi connectivity index (χ0v) is 9.69. The van der Waals surface area contributed by atoms with Gasteiger partial charge >= 0.3 is 6.03 Å². The fourth-order valence-corrected chi connectivity index (χ4v) is 2.01. The van der Waals surface area contributed by atoms with Gasteiger partial charge in [-0.25, -0.2) is 9.18 Å². The summed E-state index contributed by atoms with van der Waals surface area (Å²) >= 11 is 0. The second-order valence-corrected chi connectivity index (χ2v) is 4.33. The van der Waals surface area contributed by atoms with Gasteiger partial charge in [-0.3, -0.25) is 0 Å².